The topological polar surface area (TPSA) is 119 Å². The van der Waals surface area contributed by atoms with Gasteiger partial charge in [0.15, 0.2) is 0 Å². The first kappa shape index (κ1) is 31.3. The highest BCUT2D eigenvalue weighted by Crippen LogP contribution is 2.41. The van der Waals surface area contributed by atoms with Crippen LogP contribution in [0.3, 0.4) is 0 Å². The molecule has 1 aromatic carbocycles. The molecule has 0 spiro atoms. The molecule has 39 heavy (non-hydrogen) atoms. The lowest BCUT2D eigenvalue weighted by Gasteiger charge is -2.30. The molecule has 0 saturated carbocycles. The van der Waals surface area contributed by atoms with Crippen molar-refractivity contribution in [2.75, 3.05) is 66.2 Å². The Bertz CT molecular complexity index is 1080. The van der Waals surface area contributed by atoms with Crippen LogP contribution < -0.4 is 9.46 Å². The normalized spacial score (nSPS) is 21.2. The highest BCUT2D eigenvalue weighted by atomic mass is 32.2. The zero-order valence-corrected chi connectivity index (χ0v) is 24.7. The van der Waals surface area contributed by atoms with Crippen LogP contribution in [0.15, 0.2) is 18.2 Å². The molecule has 11 heteroatoms. The number of benzene rings is 1. The van der Waals surface area contributed by atoms with Crippen molar-refractivity contribution in [1.82, 2.24) is 19.4 Å². The number of carbonyl (C=O) groups excluding carboxylic acids is 1. The Labute approximate surface area is 233 Å². The van der Waals surface area contributed by atoms with E-state index in [0.29, 0.717) is 32.7 Å². The van der Waals surface area contributed by atoms with Crippen molar-refractivity contribution in [2.45, 2.75) is 57.4 Å². The second-order valence-corrected chi connectivity index (χ2v) is 13.0. The molecule has 3 rings (SSSR count). The van der Waals surface area contributed by atoms with Gasteiger partial charge in [-0.1, -0.05) is 25.5 Å². The van der Waals surface area contributed by atoms with Crippen LogP contribution in [0.5, 0.6) is 5.75 Å². The third-order valence-electron chi connectivity index (χ3n) is 7.74. The van der Waals surface area contributed by atoms with Crippen LogP contribution in [0.25, 0.3) is 0 Å². The Morgan fingerprint density at radius 3 is 2.54 bits per heavy atom. The van der Waals surface area contributed by atoms with Gasteiger partial charge in [-0.2, -0.15) is 0 Å². The van der Waals surface area contributed by atoms with E-state index < -0.39 is 28.0 Å². The third-order valence-corrected chi connectivity index (χ3v) is 8.46. The minimum atomic E-state index is -3.42. The molecule has 2 aliphatic heterocycles. The van der Waals surface area contributed by atoms with Crippen molar-refractivity contribution in [2.24, 2.45) is 5.92 Å². The number of ether oxygens (including phenoxy) is 1. The smallest absolute Gasteiger partial charge is 0.308 e. The summed E-state index contributed by atoms with van der Waals surface area (Å²) in [6.07, 6.45) is 5.99. The summed E-state index contributed by atoms with van der Waals surface area (Å²) in [4.78, 5) is 32.2. The molecule has 1 aromatic rings. The molecule has 10 nitrogen and oxygen atoms in total. The van der Waals surface area contributed by atoms with Gasteiger partial charge in [-0.05, 0) is 63.5 Å². The number of unbranched alkanes of at least 4 members (excludes halogenated alkanes) is 2. The standard InChI is InChI=1S/C28H46N4O6S/c1-5-6-15-31(16-8-7-14-30(2)3)26(33)20-32-19-23(21-9-10-25-22(18-21)12-17-38-25)27(28(34)35)24(32)11-13-29-39(4,36)37/h9-10,18,23-24,27,29H,5-8,11-17,19-20H2,1-4H3,(H,34,35). The largest absolute Gasteiger partial charge is 0.493 e. The maximum absolute atomic E-state index is 13.6. The van der Waals surface area contributed by atoms with Crippen molar-refractivity contribution >= 4 is 21.9 Å². The Morgan fingerprint density at radius 1 is 1.15 bits per heavy atom. The molecule has 1 fully saturated rings. The van der Waals surface area contributed by atoms with Crippen molar-refractivity contribution in [3.05, 3.63) is 29.3 Å². The van der Waals surface area contributed by atoms with Crippen LogP contribution in [-0.2, 0) is 26.0 Å². The first-order chi connectivity index (χ1) is 18.5. The Kier molecular flexibility index (Phi) is 11.6. The summed E-state index contributed by atoms with van der Waals surface area (Å²) < 4.78 is 31.6. The van der Waals surface area contributed by atoms with Gasteiger partial charge < -0.3 is 19.6 Å². The van der Waals surface area contributed by atoms with Gasteiger partial charge in [-0.15, -0.1) is 0 Å². The highest BCUT2D eigenvalue weighted by Gasteiger charge is 2.47. The molecule has 2 N–H and O–H groups in total. The van der Waals surface area contributed by atoms with E-state index in [-0.39, 0.29) is 24.9 Å². The Balaban J connectivity index is 1.81. The number of hydrogen-bond donors (Lipinski definition) is 2. The summed E-state index contributed by atoms with van der Waals surface area (Å²) in [6.45, 7) is 5.71. The number of hydrogen-bond acceptors (Lipinski definition) is 7. The van der Waals surface area contributed by atoms with Gasteiger partial charge in [-0.3, -0.25) is 14.5 Å². The fraction of sp³-hybridized carbons (Fsp3) is 0.714. The van der Waals surface area contributed by atoms with E-state index in [1.165, 1.54) is 0 Å². The lowest BCUT2D eigenvalue weighted by molar-refractivity contribution is -0.143. The maximum atomic E-state index is 13.6. The van der Waals surface area contributed by atoms with Gasteiger partial charge in [0.1, 0.15) is 5.75 Å². The second kappa shape index (κ2) is 14.4. The van der Waals surface area contributed by atoms with Crippen LogP contribution in [-0.4, -0.2) is 112 Å². The number of carboxylic acids is 1. The zero-order chi connectivity index (χ0) is 28.6. The molecule has 220 valence electrons. The molecule has 2 heterocycles. The zero-order valence-electron chi connectivity index (χ0n) is 23.9. The summed E-state index contributed by atoms with van der Waals surface area (Å²) >= 11 is 0. The average Bonchev–Trinajstić information content (AvgIpc) is 3.47. The molecule has 0 radical (unpaired) electrons. The number of amides is 1. The predicted molar refractivity (Wildman–Crippen MR) is 152 cm³/mol. The van der Waals surface area contributed by atoms with E-state index in [2.05, 4.69) is 16.5 Å². The number of carbonyl (C=O) groups is 2. The van der Waals surface area contributed by atoms with Crippen LogP contribution in [0.1, 0.15) is 56.1 Å². The van der Waals surface area contributed by atoms with Gasteiger partial charge in [-0.25, -0.2) is 13.1 Å². The molecule has 1 saturated heterocycles. The summed E-state index contributed by atoms with van der Waals surface area (Å²) in [6, 6.07) is 5.40. The lowest BCUT2D eigenvalue weighted by atomic mass is 9.83. The molecule has 2 aliphatic rings. The quantitative estimate of drug-likeness (QED) is 0.292. The number of fused-ring (bicyclic) bond motifs is 1. The van der Waals surface area contributed by atoms with Gasteiger partial charge in [0.25, 0.3) is 0 Å². The van der Waals surface area contributed by atoms with E-state index in [4.69, 9.17) is 4.74 Å². The number of likely N-dealkylation sites (tertiary alicyclic amines) is 1. The lowest BCUT2D eigenvalue weighted by Crippen LogP contribution is -2.45. The molecule has 3 atom stereocenters. The van der Waals surface area contributed by atoms with Crippen LogP contribution in [0.4, 0.5) is 0 Å². The molecule has 0 bridgehead atoms. The number of rotatable bonds is 16. The summed E-state index contributed by atoms with van der Waals surface area (Å²) in [5, 5.41) is 10.3. The van der Waals surface area contributed by atoms with Crippen molar-refractivity contribution in [1.29, 1.82) is 0 Å². The van der Waals surface area contributed by atoms with Crippen molar-refractivity contribution < 1.29 is 27.9 Å². The first-order valence-corrected chi connectivity index (χ1v) is 16.0. The molecule has 3 unspecified atom stereocenters. The fourth-order valence-electron chi connectivity index (χ4n) is 5.73. The minimum Gasteiger partial charge on any atom is -0.493 e. The summed E-state index contributed by atoms with van der Waals surface area (Å²) in [7, 11) is 0.657. The number of sulfonamides is 1. The van der Waals surface area contributed by atoms with E-state index in [9.17, 15) is 23.1 Å². The van der Waals surface area contributed by atoms with E-state index in [0.717, 1.165) is 61.8 Å². The average molecular weight is 567 g/mol. The number of nitrogens with zero attached hydrogens (tertiary/aromatic N) is 3. The Morgan fingerprint density at radius 2 is 1.87 bits per heavy atom. The van der Waals surface area contributed by atoms with Gasteiger partial charge in [0, 0.05) is 44.6 Å². The van der Waals surface area contributed by atoms with Crippen molar-refractivity contribution in [3.8, 4) is 5.75 Å². The van der Waals surface area contributed by atoms with Gasteiger partial charge in [0.2, 0.25) is 15.9 Å². The number of carboxylic acid groups (broad SMARTS) is 1. The van der Waals surface area contributed by atoms with Gasteiger partial charge >= 0.3 is 5.97 Å². The fourth-order valence-corrected chi connectivity index (χ4v) is 6.22. The monoisotopic (exact) mass is 566 g/mol. The highest BCUT2D eigenvalue weighted by molar-refractivity contribution is 7.88. The first-order valence-electron chi connectivity index (χ1n) is 14.1. The predicted octanol–water partition coefficient (Wildman–Crippen LogP) is 2.00. The minimum absolute atomic E-state index is 0.00141. The third kappa shape index (κ3) is 9.16. The molecule has 0 aromatic heterocycles. The van der Waals surface area contributed by atoms with Crippen LogP contribution in [0, 0.1) is 5.92 Å². The number of nitrogens with one attached hydrogen (secondary N) is 1. The number of aliphatic carboxylic acids is 1. The van der Waals surface area contributed by atoms with E-state index >= 15 is 0 Å². The van der Waals surface area contributed by atoms with E-state index in [1.807, 2.05) is 42.1 Å². The molecule has 1 amide bonds. The summed E-state index contributed by atoms with van der Waals surface area (Å²) in [5.41, 5.74) is 2.00. The van der Waals surface area contributed by atoms with Gasteiger partial charge in [0.05, 0.1) is 25.3 Å². The Hall–Kier alpha value is -2.21. The summed E-state index contributed by atoms with van der Waals surface area (Å²) in [5.74, 6) is -1.16. The SMILES string of the molecule is CCCCN(CCCCN(C)C)C(=O)CN1CC(c2ccc3c(c2)CCO3)C(C(=O)O)C1CCNS(C)(=O)=O. The maximum Gasteiger partial charge on any atom is 0.308 e. The molecule has 0 aliphatic carbocycles. The molecular formula is C28H46N4O6S. The van der Waals surface area contributed by atoms with Crippen LogP contribution in [0.2, 0.25) is 0 Å². The second-order valence-electron chi connectivity index (χ2n) is 11.1. The molecular weight excluding hydrogens is 520 g/mol. The van der Waals surface area contributed by atoms with E-state index in [1.54, 1.807) is 0 Å². The van der Waals surface area contributed by atoms with Crippen molar-refractivity contribution in [3.63, 3.8) is 0 Å². The van der Waals surface area contributed by atoms with Crippen LogP contribution >= 0.6 is 0 Å².